The molecule has 4 rings (SSSR count). The van der Waals surface area contributed by atoms with E-state index in [-0.39, 0.29) is 11.3 Å². The standard InChI is InChI=1S/C30H32N2O3S/c1-6-21-9-7-8-10-26(21)32-28(33)25(31-29(32)36)18-20-11-16-27(34-5)22(17-20)19-35-24-14-12-23(13-15-24)30(2,3)4/h7-18H,6,19H2,1-5H3,(H,31,36)/b25-18+. The predicted molar refractivity (Wildman–Crippen MR) is 149 cm³/mol. The molecule has 1 amide bonds. The monoisotopic (exact) mass is 500 g/mol. The topological polar surface area (TPSA) is 50.8 Å². The fourth-order valence-corrected chi connectivity index (χ4v) is 4.45. The van der Waals surface area contributed by atoms with Gasteiger partial charge in [0, 0.05) is 5.56 Å². The van der Waals surface area contributed by atoms with Crippen LogP contribution in [0.4, 0.5) is 5.69 Å². The average Bonchev–Trinajstić information content (AvgIpc) is 3.14. The molecule has 0 aromatic heterocycles. The van der Waals surface area contributed by atoms with Crippen LogP contribution < -0.4 is 19.7 Å². The van der Waals surface area contributed by atoms with Crippen molar-refractivity contribution in [2.75, 3.05) is 12.0 Å². The normalized spacial score (nSPS) is 14.8. The highest BCUT2D eigenvalue weighted by molar-refractivity contribution is 7.80. The Morgan fingerprint density at radius 3 is 2.39 bits per heavy atom. The number of thiocarbonyl (C=S) groups is 1. The summed E-state index contributed by atoms with van der Waals surface area (Å²) in [6.45, 7) is 8.96. The van der Waals surface area contributed by atoms with Gasteiger partial charge >= 0.3 is 0 Å². The highest BCUT2D eigenvalue weighted by atomic mass is 32.1. The minimum Gasteiger partial charge on any atom is -0.496 e. The maximum atomic E-state index is 13.3. The molecule has 0 unspecified atom stereocenters. The number of carbonyl (C=O) groups is 1. The Morgan fingerprint density at radius 2 is 1.72 bits per heavy atom. The Hall–Kier alpha value is -3.64. The van der Waals surface area contributed by atoms with Gasteiger partial charge in [0.15, 0.2) is 5.11 Å². The summed E-state index contributed by atoms with van der Waals surface area (Å²) in [5.74, 6) is 1.34. The number of amides is 1. The molecule has 0 aliphatic carbocycles. The van der Waals surface area contributed by atoms with Crippen LogP contribution in [0.5, 0.6) is 11.5 Å². The molecular weight excluding hydrogens is 468 g/mol. The van der Waals surface area contributed by atoms with E-state index in [2.05, 4.69) is 45.1 Å². The maximum Gasteiger partial charge on any atom is 0.281 e. The third-order valence-corrected chi connectivity index (χ3v) is 6.51. The first-order valence-electron chi connectivity index (χ1n) is 12.1. The van der Waals surface area contributed by atoms with Gasteiger partial charge in [0.2, 0.25) is 0 Å². The van der Waals surface area contributed by atoms with Crippen molar-refractivity contribution in [1.82, 2.24) is 5.32 Å². The van der Waals surface area contributed by atoms with Gasteiger partial charge in [0.05, 0.1) is 12.8 Å². The zero-order valence-corrected chi connectivity index (χ0v) is 22.2. The molecule has 1 fully saturated rings. The molecular formula is C30H32N2O3S. The number of nitrogens with zero attached hydrogens (tertiary/aromatic N) is 1. The third kappa shape index (κ3) is 5.44. The van der Waals surface area contributed by atoms with Crippen LogP contribution in [0.2, 0.25) is 0 Å². The van der Waals surface area contributed by atoms with Gasteiger partial charge in [-0.3, -0.25) is 9.69 Å². The minimum absolute atomic E-state index is 0.0891. The number of benzene rings is 3. The summed E-state index contributed by atoms with van der Waals surface area (Å²) in [5.41, 5.74) is 5.38. The minimum atomic E-state index is -0.173. The van der Waals surface area contributed by atoms with Gasteiger partial charge in [-0.15, -0.1) is 0 Å². The summed E-state index contributed by atoms with van der Waals surface area (Å²) < 4.78 is 11.6. The van der Waals surface area contributed by atoms with E-state index in [0.29, 0.717) is 17.4 Å². The molecule has 0 atom stereocenters. The van der Waals surface area contributed by atoms with Crippen molar-refractivity contribution in [2.45, 2.75) is 46.1 Å². The lowest BCUT2D eigenvalue weighted by Gasteiger charge is -2.19. The number of aryl methyl sites for hydroxylation is 1. The molecule has 0 saturated carbocycles. The van der Waals surface area contributed by atoms with Gasteiger partial charge in [-0.25, -0.2) is 0 Å². The lowest BCUT2D eigenvalue weighted by atomic mass is 9.87. The van der Waals surface area contributed by atoms with E-state index in [1.54, 1.807) is 12.0 Å². The molecule has 0 bridgehead atoms. The summed E-state index contributed by atoms with van der Waals surface area (Å²) in [5, 5.41) is 3.46. The highest BCUT2D eigenvalue weighted by Crippen LogP contribution is 2.29. The van der Waals surface area contributed by atoms with Crippen LogP contribution in [-0.4, -0.2) is 18.1 Å². The fraction of sp³-hybridized carbons (Fsp3) is 0.267. The molecule has 3 aromatic rings. The number of para-hydroxylation sites is 1. The molecule has 1 aliphatic rings. The first kappa shape index (κ1) is 25.5. The third-order valence-electron chi connectivity index (χ3n) is 6.22. The first-order chi connectivity index (χ1) is 17.2. The smallest absolute Gasteiger partial charge is 0.281 e. The van der Waals surface area contributed by atoms with Crippen molar-refractivity contribution in [3.8, 4) is 11.5 Å². The van der Waals surface area contributed by atoms with Crippen molar-refractivity contribution in [1.29, 1.82) is 0 Å². The van der Waals surface area contributed by atoms with Gasteiger partial charge in [-0.05, 0) is 77.2 Å². The average molecular weight is 501 g/mol. The quantitative estimate of drug-likeness (QED) is 0.301. The van der Waals surface area contributed by atoms with Gasteiger partial charge in [-0.2, -0.15) is 0 Å². The van der Waals surface area contributed by atoms with E-state index in [0.717, 1.165) is 40.3 Å². The van der Waals surface area contributed by atoms with Gasteiger partial charge < -0.3 is 14.8 Å². The van der Waals surface area contributed by atoms with Crippen molar-refractivity contribution in [3.05, 3.63) is 94.7 Å². The number of nitrogens with one attached hydrogen (secondary N) is 1. The van der Waals surface area contributed by atoms with Crippen LogP contribution in [-0.2, 0) is 23.2 Å². The van der Waals surface area contributed by atoms with Gasteiger partial charge in [-0.1, -0.05) is 64.1 Å². The van der Waals surface area contributed by atoms with E-state index >= 15 is 0 Å². The van der Waals surface area contributed by atoms with Crippen molar-refractivity contribution < 1.29 is 14.3 Å². The predicted octanol–water partition coefficient (Wildman–Crippen LogP) is 6.40. The van der Waals surface area contributed by atoms with Crippen LogP contribution in [0.15, 0.2) is 72.4 Å². The largest absolute Gasteiger partial charge is 0.496 e. The lowest BCUT2D eigenvalue weighted by Crippen LogP contribution is -2.31. The number of anilines is 1. The number of ether oxygens (including phenoxy) is 2. The maximum absolute atomic E-state index is 13.3. The number of rotatable bonds is 7. The molecule has 1 saturated heterocycles. The van der Waals surface area contributed by atoms with E-state index < -0.39 is 0 Å². The summed E-state index contributed by atoms with van der Waals surface area (Å²) in [4.78, 5) is 14.8. The van der Waals surface area contributed by atoms with Crippen LogP contribution in [0.3, 0.4) is 0 Å². The zero-order chi connectivity index (χ0) is 25.9. The molecule has 186 valence electrons. The second-order valence-corrected chi connectivity index (χ2v) is 10.1. The number of methoxy groups -OCH3 is 1. The molecule has 1 heterocycles. The van der Waals surface area contributed by atoms with Crippen LogP contribution >= 0.6 is 12.2 Å². The van der Waals surface area contributed by atoms with Crippen LogP contribution in [0, 0.1) is 0 Å². The molecule has 5 nitrogen and oxygen atoms in total. The fourth-order valence-electron chi connectivity index (χ4n) is 4.16. The Labute approximate surface area is 218 Å². The number of hydrogen-bond acceptors (Lipinski definition) is 4. The number of hydrogen-bond donors (Lipinski definition) is 1. The molecule has 0 spiro atoms. The van der Waals surface area contributed by atoms with Crippen LogP contribution in [0.1, 0.15) is 49.9 Å². The Kier molecular flexibility index (Phi) is 7.45. The Bertz CT molecular complexity index is 1310. The number of carbonyl (C=O) groups excluding carboxylic acids is 1. The summed E-state index contributed by atoms with van der Waals surface area (Å²) >= 11 is 5.51. The summed E-state index contributed by atoms with van der Waals surface area (Å²) in [6, 6.07) is 21.7. The first-order valence-corrected chi connectivity index (χ1v) is 12.5. The molecule has 6 heteroatoms. The second-order valence-electron chi connectivity index (χ2n) is 9.75. The summed E-state index contributed by atoms with van der Waals surface area (Å²) in [7, 11) is 1.64. The van der Waals surface area contributed by atoms with Crippen molar-refractivity contribution in [3.63, 3.8) is 0 Å². The molecule has 3 aromatic carbocycles. The SMILES string of the molecule is CCc1ccccc1N1C(=O)/C(=C\c2ccc(OC)c(COc3ccc(C(C)(C)C)cc3)c2)NC1=S. The van der Waals surface area contributed by atoms with Crippen molar-refractivity contribution in [2.24, 2.45) is 0 Å². The van der Waals surface area contributed by atoms with Gasteiger partial charge in [0.25, 0.3) is 5.91 Å². The van der Waals surface area contributed by atoms with E-state index in [4.69, 9.17) is 21.7 Å². The van der Waals surface area contributed by atoms with E-state index in [1.165, 1.54) is 5.56 Å². The van der Waals surface area contributed by atoms with E-state index in [1.807, 2.05) is 60.7 Å². The summed E-state index contributed by atoms with van der Waals surface area (Å²) in [6.07, 6.45) is 2.62. The van der Waals surface area contributed by atoms with Crippen molar-refractivity contribution >= 4 is 35.0 Å². The lowest BCUT2D eigenvalue weighted by molar-refractivity contribution is -0.113. The van der Waals surface area contributed by atoms with E-state index in [9.17, 15) is 4.79 Å². The Balaban J connectivity index is 1.55. The zero-order valence-electron chi connectivity index (χ0n) is 21.4. The Morgan fingerprint density at radius 1 is 1.00 bits per heavy atom. The molecule has 0 radical (unpaired) electrons. The molecule has 1 aliphatic heterocycles. The van der Waals surface area contributed by atoms with Crippen LogP contribution in [0.25, 0.3) is 6.08 Å². The van der Waals surface area contributed by atoms with Gasteiger partial charge in [0.1, 0.15) is 23.8 Å². The highest BCUT2D eigenvalue weighted by Gasteiger charge is 2.33. The molecule has 36 heavy (non-hydrogen) atoms. The molecule has 1 N–H and O–H groups in total. The second kappa shape index (κ2) is 10.5.